The van der Waals surface area contributed by atoms with Gasteiger partial charge in [0.1, 0.15) is 0 Å². The third-order valence-electron chi connectivity index (χ3n) is 2.30. The first-order valence-corrected chi connectivity index (χ1v) is 4.85. The summed E-state index contributed by atoms with van der Waals surface area (Å²) in [7, 11) is 0. The maximum absolute atomic E-state index is 5.48. The van der Waals surface area contributed by atoms with E-state index in [0.29, 0.717) is 12.5 Å². The lowest BCUT2D eigenvalue weighted by Gasteiger charge is -2.08. The van der Waals surface area contributed by atoms with E-state index in [1.165, 1.54) is 11.1 Å². The van der Waals surface area contributed by atoms with Crippen LogP contribution in [0.1, 0.15) is 27.2 Å². The zero-order chi connectivity index (χ0) is 10.3. The van der Waals surface area contributed by atoms with Gasteiger partial charge in [-0.25, -0.2) is 0 Å². The molecule has 0 rings (SSSR count). The van der Waals surface area contributed by atoms with Crippen LogP contribution in [0.5, 0.6) is 0 Å². The molecule has 0 aliphatic carbocycles. The number of nitrogens with two attached hydrogens (primary N) is 1. The highest BCUT2D eigenvalue weighted by Crippen LogP contribution is 2.15. The van der Waals surface area contributed by atoms with Gasteiger partial charge in [0.2, 0.25) is 0 Å². The lowest BCUT2D eigenvalue weighted by molar-refractivity contribution is 0.670. The van der Waals surface area contributed by atoms with Crippen molar-refractivity contribution in [3.63, 3.8) is 0 Å². The van der Waals surface area contributed by atoms with Crippen LogP contribution in [-0.4, -0.2) is 6.54 Å². The number of hydrogen-bond acceptors (Lipinski definition) is 1. The van der Waals surface area contributed by atoms with Gasteiger partial charge in [-0.3, -0.25) is 0 Å². The van der Waals surface area contributed by atoms with Gasteiger partial charge in [0.25, 0.3) is 0 Å². The Morgan fingerprint density at radius 3 is 2.46 bits per heavy atom. The third-order valence-corrected chi connectivity index (χ3v) is 2.30. The normalized spacial score (nSPS) is 15.7. The fourth-order valence-corrected chi connectivity index (χ4v) is 0.976. The van der Waals surface area contributed by atoms with E-state index >= 15 is 0 Å². The van der Waals surface area contributed by atoms with Crippen molar-refractivity contribution in [1.29, 1.82) is 0 Å². The predicted molar refractivity (Wildman–Crippen MR) is 60.5 cm³/mol. The van der Waals surface area contributed by atoms with E-state index in [-0.39, 0.29) is 0 Å². The average molecular weight is 179 g/mol. The first-order valence-electron chi connectivity index (χ1n) is 4.85. The number of rotatable bonds is 5. The molecule has 0 amide bonds. The maximum Gasteiger partial charge on any atom is 0.0137 e. The molecule has 1 nitrogen and oxygen atoms in total. The van der Waals surface area contributed by atoms with E-state index in [2.05, 4.69) is 32.6 Å². The summed E-state index contributed by atoms with van der Waals surface area (Å²) in [5.74, 6) is 0.583. The largest absolute Gasteiger partial charge is 0.327 e. The van der Waals surface area contributed by atoms with E-state index in [1.54, 1.807) is 0 Å². The Kier molecular flexibility index (Phi) is 6.25. The quantitative estimate of drug-likeness (QED) is 0.645. The van der Waals surface area contributed by atoms with Crippen molar-refractivity contribution in [2.24, 2.45) is 11.7 Å². The highest BCUT2D eigenvalue weighted by atomic mass is 14.5. The molecule has 1 atom stereocenters. The smallest absolute Gasteiger partial charge is 0.0137 e. The van der Waals surface area contributed by atoms with E-state index < -0.39 is 0 Å². The Balaban J connectivity index is 4.48. The lowest BCUT2D eigenvalue weighted by atomic mass is 9.98. The van der Waals surface area contributed by atoms with Crippen molar-refractivity contribution in [2.75, 3.05) is 6.54 Å². The van der Waals surface area contributed by atoms with Crippen molar-refractivity contribution in [3.8, 4) is 0 Å². The van der Waals surface area contributed by atoms with Crippen LogP contribution in [0.25, 0.3) is 0 Å². The second kappa shape index (κ2) is 6.67. The monoisotopic (exact) mass is 179 g/mol. The average Bonchev–Trinajstić information content (AvgIpc) is 2.17. The third kappa shape index (κ3) is 4.69. The molecule has 74 valence electrons. The molecule has 0 aromatic carbocycles. The van der Waals surface area contributed by atoms with Crippen LogP contribution in [0.3, 0.4) is 0 Å². The fraction of sp³-hybridized carbons (Fsp3) is 0.500. The summed E-state index contributed by atoms with van der Waals surface area (Å²) in [4.78, 5) is 0. The molecule has 0 radical (unpaired) electrons. The molecule has 1 heteroatoms. The predicted octanol–water partition coefficient (Wildman–Crippen LogP) is 3.05. The minimum Gasteiger partial charge on any atom is -0.327 e. The molecular weight excluding hydrogens is 158 g/mol. The van der Waals surface area contributed by atoms with Crippen LogP contribution < -0.4 is 5.73 Å². The number of hydrogen-bond donors (Lipinski definition) is 1. The van der Waals surface area contributed by atoms with Crippen LogP contribution in [0, 0.1) is 5.92 Å². The summed E-state index contributed by atoms with van der Waals surface area (Å²) in [6.45, 7) is 10.9. The SMILES string of the molecule is C=C/C(=C\C=C(/C)CN)C(C)CC. The van der Waals surface area contributed by atoms with Crippen molar-refractivity contribution in [1.82, 2.24) is 0 Å². The van der Waals surface area contributed by atoms with Crippen LogP contribution in [0.2, 0.25) is 0 Å². The summed E-state index contributed by atoms with van der Waals surface area (Å²) < 4.78 is 0. The van der Waals surface area contributed by atoms with Gasteiger partial charge in [0.15, 0.2) is 0 Å². The summed E-state index contributed by atoms with van der Waals surface area (Å²) in [6.07, 6.45) is 7.26. The van der Waals surface area contributed by atoms with E-state index in [9.17, 15) is 0 Å². The van der Waals surface area contributed by atoms with Crippen LogP contribution >= 0.6 is 0 Å². The molecule has 0 saturated heterocycles. The van der Waals surface area contributed by atoms with Gasteiger partial charge in [0.05, 0.1) is 0 Å². The highest BCUT2D eigenvalue weighted by molar-refractivity contribution is 5.26. The lowest BCUT2D eigenvalue weighted by Crippen LogP contribution is -1.99. The van der Waals surface area contributed by atoms with Crippen molar-refractivity contribution >= 4 is 0 Å². The Hall–Kier alpha value is -0.820. The molecule has 0 heterocycles. The van der Waals surface area contributed by atoms with Gasteiger partial charge in [0, 0.05) is 6.54 Å². The molecule has 0 aromatic rings. The zero-order valence-corrected chi connectivity index (χ0v) is 9.01. The molecular formula is C12H21N. The molecule has 0 bridgehead atoms. The summed E-state index contributed by atoms with van der Waals surface area (Å²) in [6, 6.07) is 0. The Morgan fingerprint density at radius 1 is 1.46 bits per heavy atom. The van der Waals surface area contributed by atoms with Gasteiger partial charge in [-0.05, 0) is 24.8 Å². The van der Waals surface area contributed by atoms with Gasteiger partial charge >= 0.3 is 0 Å². The Bertz CT molecular complexity index is 211. The molecule has 0 aliphatic heterocycles. The van der Waals surface area contributed by atoms with Crippen molar-refractivity contribution in [2.45, 2.75) is 27.2 Å². The van der Waals surface area contributed by atoms with Crippen LogP contribution in [0.4, 0.5) is 0 Å². The highest BCUT2D eigenvalue weighted by Gasteiger charge is 2.00. The summed E-state index contributed by atoms with van der Waals surface area (Å²) >= 11 is 0. The van der Waals surface area contributed by atoms with Gasteiger partial charge in [-0.1, -0.05) is 44.2 Å². The fourth-order valence-electron chi connectivity index (χ4n) is 0.976. The van der Waals surface area contributed by atoms with Gasteiger partial charge < -0.3 is 5.73 Å². The molecule has 0 aliphatic rings. The van der Waals surface area contributed by atoms with Gasteiger partial charge in [-0.2, -0.15) is 0 Å². The zero-order valence-electron chi connectivity index (χ0n) is 9.01. The molecule has 0 aromatic heterocycles. The second-order valence-corrected chi connectivity index (χ2v) is 3.40. The summed E-state index contributed by atoms with van der Waals surface area (Å²) in [5.41, 5.74) is 7.97. The second-order valence-electron chi connectivity index (χ2n) is 3.40. The minimum absolute atomic E-state index is 0.583. The topological polar surface area (TPSA) is 26.0 Å². The molecule has 0 saturated carbocycles. The van der Waals surface area contributed by atoms with E-state index in [0.717, 1.165) is 6.42 Å². The standard InChI is InChI=1S/C12H21N/c1-5-11(4)12(6-2)8-7-10(3)9-13/h6-8,11H,2,5,9,13H2,1,3-4H3/b10-7+,12-8+. The summed E-state index contributed by atoms with van der Waals surface area (Å²) in [5, 5.41) is 0. The molecule has 1 unspecified atom stereocenters. The van der Waals surface area contributed by atoms with Crippen LogP contribution in [0.15, 0.2) is 36.0 Å². The minimum atomic E-state index is 0.583. The van der Waals surface area contributed by atoms with E-state index in [4.69, 9.17) is 5.73 Å². The molecule has 0 spiro atoms. The van der Waals surface area contributed by atoms with Gasteiger partial charge in [-0.15, -0.1) is 0 Å². The Labute approximate surface area is 82.0 Å². The van der Waals surface area contributed by atoms with Crippen molar-refractivity contribution in [3.05, 3.63) is 36.0 Å². The first kappa shape index (κ1) is 12.2. The molecule has 13 heavy (non-hydrogen) atoms. The number of allylic oxidation sites excluding steroid dienone is 4. The maximum atomic E-state index is 5.48. The molecule has 2 N–H and O–H groups in total. The first-order chi connectivity index (χ1) is 6.15. The van der Waals surface area contributed by atoms with E-state index in [1.807, 2.05) is 13.0 Å². The van der Waals surface area contributed by atoms with Crippen LogP contribution in [-0.2, 0) is 0 Å². The molecule has 0 fully saturated rings. The Morgan fingerprint density at radius 2 is 2.08 bits per heavy atom. The van der Waals surface area contributed by atoms with Crippen molar-refractivity contribution < 1.29 is 0 Å².